The van der Waals surface area contributed by atoms with E-state index in [2.05, 4.69) is 24.1 Å². The molecule has 0 bridgehead atoms. The number of carbonyl (C=O) groups is 2. The van der Waals surface area contributed by atoms with Crippen LogP contribution in [0.1, 0.15) is 38.2 Å². The standard InChI is InChI=1S/C19H26N2O2/c1-3-13-20-18(22)15-7-9-16(10-8-15)19(23)21-17-11-5-14(4-2)6-12-17/h3,5-6,11-12,15-16H,1,4,7-10,13H2,2H3,(H,20,22)(H,21,23). The zero-order chi connectivity index (χ0) is 16.7. The van der Waals surface area contributed by atoms with E-state index in [1.807, 2.05) is 24.3 Å². The summed E-state index contributed by atoms with van der Waals surface area (Å²) in [4.78, 5) is 24.3. The van der Waals surface area contributed by atoms with E-state index in [1.54, 1.807) is 6.08 Å². The summed E-state index contributed by atoms with van der Waals surface area (Å²) in [5.74, 6) is 0.185. The first kappa shape index (κ1) is 17.3. The lowest BCUT2D eigenvalue weighted by Crippen LogP contribution is -2.35. The van der Waals surface area contributed by atoms with Gasteiger partial charge < -0.3 is 10.6 Å². The predicted octanol–water partition coefficient (Wildman–Crippen LogP) is 3.30. The Morgan fingerprint density at radius 1 is 1.09 bits per heavy atom. The van der Waals surface area contributed by atoms with Crippen molar-refractivity contribution in [2.45, 2.75) is 39.0 Å². The van der Waals surface area contributed by atoms with Crippen molar-refractivity contribution in [2.24, 2.45) is 11.8 Å². The molecule has 1 aliphatic rings. The highest BCUT2D eigenvalue weighted by Gasteiger charge is 2.29. The zero-order valence-electron chi connectivity index (χ0n) is 13.8. The zero-order valence-corrected chi connectivity index (χ0v) is 13.8. The number of aryl methyl sites for hydroxylation is 1. The van der Waals surface area contributed by atoms with Gasteiger partial charge in [0.2, 0.25) is 11.8 Å². The molecule has 0 radical (unpaired) electrons. The minimum Gasteiger partial charge on any atom is -0.352 e. The van der Waals surface area contributed by atoms with Crippen molar-refractivity contribution in [3.05, 3.63) is 42.5 Å². The van der Waals surface area contributed by atoms with E-state index in [9.17, 15) is 9.59 Å². The second kappa shape index (κ2) is 8.51. The predicted molar refractivity (Wildman–Crippen MR) is 93.1 cm³/mol. The Morgan fingerprint density at radius 3 is 2.17 bits per heavy atom. The first-order chi connectivity index (χ1) is 11.1. The second-order valence-corrected chi connectivity index (χ2v) is 6.12. The first-order valence-corrected chi connectivity index (χ1v) is 8.42. The van der Waals surface area contributed by atoms with E-state index in [4.69, 9.17) is 0 Å². The normalized spacial score (nSPS) is 20.6. The smallest absolute Gasteiger partial charge is 0.227 e. The molecule has 4 nitrogen and oxygen atoms in total. The third kappa shape index (κ3) is 4.95. The van der Waals surface area contributed by atoms with Crippen LogP contribution in [0.4, 0.5) is 5.69 Å². The van der Waals surface area contributed by atoms with Crippen LogP contribution in [0.15, 0.2) is 36.9 Å². The van der Waals surface area contributed by atoms with Crippen LogP contribution in [0.3, 0.4) is 0 Å². The third-order valence-electron chi connectivity index (χ3n) is 4.52. The first-order valence-electron chi connectivity index (χ1n) is 8.42. The molecule has 0 aliphatic heterocycles. The average molecular weight is 314 g/mol. The van der Waals surface area contributed by atoms with E-state index in [1.165, 1.54) is 5.56 Å². The van der Waals surface area contributed by atoms with Crippen LogP contribution in [-0.2, 0) is 16.0 Å². The number of benzene rings is 1. The number of amides is 2. The molecule has 0 spiro atoms. The number of hydrogen-bond acceptors (Lipinski definition) is 2. The topological polar surface area (TPSA) is 58.2 Å². The van der Waals surface area contributed by atoms with E-state index >= 15 is 0 Å². The van der Waals surface area contributed by atoms with Crippen LogP contribution in [0, 0.1) is 11.8 Å². The van der Waals surface area contributed by atoms with Crippen molar-refractivity contribution in [2.75, 3.05) is 11.9 Å². The van der Waals surface area contributed by atoms with Gasteiger partial charge in [0.15, 0.2) is 0 Å². The third-order valence-corrected chi connectivity index (χ3v) is 4.52. The summed E-state index contributed by atoms with van der Waals surface area (Å²) in [6.45, 7) is 6.21. The number of anilines is 1. The average Bonchev–Trinajstić information content (AvgIpc) is 2.60. The number of hydrogen-bond donors (Lipinski definition) is 2. The van der Waals surface area contributed by atoms with Crippen molar-refractivity contribution < 1.29 is 9.59 Å². The lowest BCUT2D eigenvalue weighted by Gasteiger charge is -2.27. The van der Waals surface area contributed by atoms with E-state index in [-0.39, 0.29) is 23.7 Å². The fourth-order valence-electron chi connectivity index (χ4n) is 3.00. The lowest BCUT2D eigenvalue weighted by atomic mass is 9.81. The molecule has 1 aromatic rings. The molecule has 124 valence electrons. The SMILES string of the molecule is C=CCNC(=O)C1CCC(C(=O)Nc2ccc(CC)cc2)CC1. The number of rotatable bonds is 6. The van der Waals surface area contributed by atoms with Gasteiger partial charge in [-0.05, 0) is 49.8 Å². The summed E-state index contributed by atoms with van der Waals surface area (Å²) >= 11 is 0. The molecule has 2 rings (SSSR count). The maximum absolute atomic E-state index is 12.3. The molecule has 2 amide bonds. The highest BCUT2D eigenvalue weighted by Crippen LogP contribution is 2.29. The van der Waals surface area contributed by atoms with Crippen LogP contribution < -0.4 is 10.6 Å². The van der Waals surface area contributed by atoms with Crippen LogP contribution >= 0.6 is 0 Å². The molecular weight excluding hydrogens is 288 g/mol. The van der Waals surface area contributed by atoms with Gasteiger partial charge in [-0.2, -0.15) is 0 Å². The Bertz CT molecular complexity index is 543. The van der Waals surface area contributed by atoms with Crippen LogP contribution in [-0.4, -0.2) is 18.4 Å². The minimum absolute atomic E-state index is 0.00399. The molecule has 0 unspecified atom stereocenters. The largest absolute Gasteiger partial charge is 0.352 e. The maximum atomic E-state index is 12.3. The quantitative estimate of drug-likeness (QED) is 0.792. The van der Waals surface area contributed by atoms with Crippen molar-refractivity contribution in [3.63, 3.8) is 0 Å². The van der Waals surface area contributed by atoms with E-state index in [0.29, 0.717) is 6.54 Å². The van der Waals surface area contributed by atoms with Gasteiger partial charge in [-0.1, -0.05) is 25.1 Å². The highest BCUT2D eigenvalue weighted by atomic mass is 16.2. The molecule has 0 aromatic heterocycles. The minimum atomic E-state index is 0.00399. The molecule has 0 saturated heterocycles. The molecule has 1 aromatic carbocycles. The van der Waals surface area contributed by atoms with E-state index < -0.39 is 0 Å². The molecule has 0 heterocycles. The lowest BCUT2D eigenvalue weighted by molar-refractivity contribution is -0.128. The highest BCUT2D eigenvalue weighted by molar-refractivity contribution is 5.92. The molecule has 1 saturated carbocycles. The summed E-state index contributed by atoms with van der Waals surface area (Å²) < 4.78 is 0. The summed E-state index contributed by atoms with van der Waals surface area (Å²) in [5.41, 5.74) is 2.10. The molecule has 23 heavy (non-hydrogen) atoms. The second-order valence-electron chi connectivity index (χ2n) is 6.12. The van der Waals surface area contributed by atoms with Gasteiger partial charge in [0.25, 0.3) is 0 Å². The van der Waals surface area contributed by atoms with Crippen molar-refractivity contribution >= 4 is 17.5 Å². The van der Waals surface area contributed by atoms with Crippen LogP contribution in [0.5, 0.6) is 0 Å². The summed E-state index contributed by atoms with van der Waals surface area (Å²) in [5, 5.41) is 5.83. The van der Waals surface area contributed by atoms with Crippen molar-refractivity contribution in [1.29, 1.82) is 0 Å². The molecule has 1 fully saturated rings. The summed E-state index contributed by atoms with van der Waals surface area (Å²) in [7, 11) is 0. The van der Waals surface area contributed by atoms with Gasteiger partial charge in [0.05, 0.1) is 0 Å². The fraction of sp³-hybridized carbons (Fsp3) is 0.474. The van der Waals surface area contributed by atoms with Crippen molar-refractivity contribution in [3.8, 4) is 0 Å². The molecular formula is C19H26N2O2. The molecule has 2 N–H and O–H groups in total. The molecule has 0 atom stereocenters. The Labute approximate surface area is 138 Å². The molecule has 1 aliphatic carbocycles. The molecule has 4 heteroatoms. The monoisotopic (exact) mass is 314 g/mol. The van der Waals surface area contributed by atoms with Gasteiger partial charge >= 0.3 is 0 Å². The van der Waals surface area contributed by atoms with Gasteiger partial charge in [-0.25, -0.2) is 0 Å². The fourth-order valence-corrected chi connectivity index (χ4v) is 3.00. The van der Waals surface area contributed by atoms with Crippen LogP contribution in [0.25, 0.3) is 0 Å². The summed E-state index contributed by atoms with van der Waals surface area (Å²) in [6, 6.07) is 7.98. The number of nitrogens with one attached hydrogen (secondary N) is 2. The van der Waals surface area contributed by atoms with Gasteiger partial charge in [0, 0.05) is 24.1 Å². The van der Waals surface area contributed by atoms with Gasteiger partial charge in [-0.15, -0.1) is 6.58 Å². The Balaban J connectivity index is 1.80. The van der Waals surface area contributed by atoms with Gasteiger partial charge in [0.1, 0.15) is 0 Å². The Kier molecular flexibility index (Phi) is 6.39. The summed E-state index contributed by atoms with van der Waals surface area (Å²) in [6.07, 6.45) is 5.76. The van der Waals surface area contributed by atoms with Crippen LogP contribution in [0.2, 0.25) is 0 Å². The Morgan fingerprint density at radius 2 is 1.65 bits per heavy atom. The van der Waals surface area contributed by atoms with Crippen molar-refractivity contribution in [1.82, 2.24) is 5.32 Å². The number of carbonyl (C=O) groups excluding carboxylic acids is 2. The maximum Gasteiger partial charge on any atom is 0.227 e. The van der Waals surface area contributed by atoms with E-state index in [0.717, 1.165) is 37.8 Å². The Hall–Kier alpha value is -2.10. The van der Waals surface area contributed by atoms with Gasteiger partial charge in [-0.3, -0.25) is 9.59 Å².